The molecule has 1 fully saturated rings. The Balaban J connectivity index is 1.56. The Morgan fingerprint density at radius 3 is 2.71 bits per heavy atom. The van der Waals surface area contributed by atoms with Crippen molar-refractivity contribution in [1.29, 1.82) is 0 Å². The van der Waals surface area contributed by atoms with Gasteiger partial charge in [-0.3, -0.25) is 4.79 Å². The maximum Gasteiger partial charge on any atom is 0.224 e. The van der Waals surface area contributed by atoms with Crippen molar-refractivity contribution >= 4 is 5.91 Å². The highest BCUT2D eigenvalue weighted by Crippen LogP contribution is 2.10. The molecule has 1 amide bonds. The molecule has 2 heterocycles. The molecule has 5 heteroatoms. The molecule has 5 nitrogen and oxygen atoms in total. The number of carbonyl (C=O) groups is 1. The van der Waals surface area contributed by atoms with Crippen molar-refractivity contribution < 1.29 is 4.79 Å². The molecule has 0 aliphatic carbocycles. The molecular weight excluding hydrogens is 264 g/mol. The van der Waals surface area contributed by atoms with Crippen molar-refractivity contribution in [2.75, 3.05) is 13.1 Å². The van der Waals surface area contributed by atoms with E-state index in [0.29, 0.717) is 12.5 Å². The highest BCUT2D eigenvalue weighted by Gasteiger charge is 2.15. The molecule has 1 aromatic carbocycles. The lowest BCUT2D eigenvalue weighted by Crippen LogP contribution is -2.43. The van der Waals surface area contributed by atoms with Gasteiger partial charge in [0.25, 0.3) is 0 Å². The van der Waals surface area contributed by atoms with Gasteiger partial charge in [0, 0.05) is 18.4 Å². The monoisotopic (exact) mass is 284 g/mol. The molecule has 0 bridgehead atoms. The fourth-order valence-electron chi connectivity index (χ4n) is 2.62. The van der Waals surface area contributed by atoms with Crippen LogP contribution in [0.3, 0.4) is 0 Å². The Morgan fingerprint density at radius 2 is 2.05 bits per heavy atom. The molecule has 1 saturated heterocycles. The van der Waals surface area contributed by atoms with Gasteiger partial charge in [0.2, 0.25) is 5.91 Å². The van der Waals surface area contributed by atoms with Crippen LogP contribution < -0.4 is 10.6 Å². The zero-order valence-electron chi connectivity index (χ0n) is 12.0. The summed E-state index contributed by atoms with van der Waals surface area (Å²) in [5.41, 5.74) is 2.03. The second-order valence-electron chi connectivity index (χ2n) is 5.39. The summed E-state index contributed by atoms with van der Waals surface area (Å²) in [5.74, 6) is 0.105. The van der Waals surface area contributed by atoms with E-state index in [1.165, 1.54) is 0 Å². The SMILES string of the molecule is O=C(Cc1ccc(-n2cccn2)cc1)NC1CCNCC1. The average molecular weight is 284 g/mol. The molecule has 1 aliphatic heterocycles. The quantitative estimate of drug-likeness (QED) is 0.889. The van der Waals surface area contributed by atoms with Crippen LogP contribution in [0.4, 0.5) is 0 Å². The van der Waals surface area contributed by atoms with Crippen molar-refractivity contribution in [2.45, 2.75) is 25.3 Å². The van der Waals surface area contributed by atoms with Crippen molar-refractivity contribution in [3.63, 3.8) is 0 Å². The second-order valence-corrected chi connectivity index (χ2v) is 5.39. The summed E-state index contributed by atoms with van der Waals surface area (Å²) in [6.45, 7) is 1.98. The number of hydrogen-bond acceptors (Lipinski definition) is 3. The number of nitrogens with zero attached hydrogens (tertiary/aromatic N) is 2. The van der Waals surface area contributed by atoms with Crippen LogP contribution in [0.1, 0.15) is 18.4 Å². The standard InChI is InChI=1S/C16H20N4O/c21-16(19-14-6-9-17-10-7-14)12-13-2-4-15(5-3-13)20-11-1-8-18-20/h1-5,8,11,14,17H,6-7,9-10,12H2,(H,19,21). The minimum atomic E-state index is 0.105. The lowest BCUT2D eigenvalue weighted by Gasteiger charge is -2.23. The first-order chi connectivity index (χ1) is 10.3. The molecule has 0 saturated carbocycles. The summed E-state index contributed by atoms with van der Waals surface area (Å²) in [4.78, 5) is 12.0. The third-order valence-electron chi connectivity index (χ3n) is 3.77. The van der Waals surface area contributed by atoms with Crippen LogP contribution in [0.5, 0.6) is 0 Å². The third-order valence-corrected chi connectivity index (χ3v) is 3.77. The second kappa shape index (κ2) is 6.54. The zero-order chi connectivity index (χ0) is 14.5. The zero-order valence-corrected chi connectivity index (χ0v) is 12.0. The minimum absolute atomic E-state index is 0.105. The number of aromatic nitrogens is 2. The highest BCUT2D eigenvalue weighted by atomic mass is 16.1. The van der Waals surface area contributed by atoms with E-state index in [1.54, 1.807) is 10.9 Å². The van der Waals surface area contributed by atoms with Gasteiger partial charge in [-0.15, -0.1) is 0 Å². The van der Waals surface area contributed by atoms with Gasteiger partial charge in [-0.05, 0) is 49.7 Å². The molecule has 2 N–H and O–H groups in total. The number of rotatable bonds is 4. The van der Waals surface area contributed by atoms with Gasteiger partial charge in [-0.2, -0.15) is 5.10 Å². The number of piperidine rings is 1. The lowest BCUT2D eigenvalue weighted by atomic mass is 10.1. The maximum absolute atomic E-state index is 12.0. The van der Waals surface area contributed by atoms with Gasteiger partial charge in [0.05, 0.1) is 12.1 Å². The molecule has 21 heavy (non-hydrogen) atoms. The van der Waals surface area contributed by atoms with E-state index in [0.717, 1.165) is 37.2 Å². The van der Waals surface area contributed by atoms with Crippen molar-refractivity contribution in [3.05, 3.63) is 48.3 Å². The number of benzene rings is 1. The van der Waals surface area contributed by atoms with Crippen LogP contribution in [-0.2, 0) is 11.2 Å². The van der Waals surface area contributed by atoms with Crippen molar-refractivity contribution in [2.24, 2.45) is 0 Å². The Labute approximate surface area is 124 Å². The van der Waals surface area contributed by atoms with E-state index in [-0.39, 0.29) is 5.91 Å². The largest absolute Gasteiger partial charge is 0.353 e. The summed E-state index contributed by atoms with van der Waals surface area (Å²) in [5, 5.41) is 10.6. The predicted octanol–water partition coefficient (Wildman–Crippen LogP) is 1.28. The average Bonchev–Trinajstić information content (AvgIpc) is 3.03. The number of nitrogens with one attached hydrogen (secondary N) is 2. The fraction of sp³-hybridized carbons (Fsp3) is 0.375. The summed E-state index contributed by atoms with van der Waals surface area (Å²) in [6.07, 6.45) is 6.12. The van der Waals surface area contributed by atoms with E-state index < -0.39 is 0 Å². The van der Waals surface area contributed by atoms with Crippen LogP contribution in [0.25, 0.3) is 5.69 Å². The Hall–Kier alpha value is -2.14. The van der Waals surface area contributed by atoms with E-state index in [2.05, 4.69) is 15.7 Å². The summed E-state index contributed by atoms with van der Waals surface area (Å²) in [7, 11) is 0. The molecule has 3 rings (SSSR count). The maximum atomic E-state index is 12.0. The molecule has 1 aliphatic rings. The van der Waals surface area contributed by atoms with Gasteiger partial charge in [-0.1, -0.05) is 12.1 Å². The topological polar surface area (TPSA) is 59.0 Å². The predicted molar refractivity (Wildman–Crippen MR) is 81.3 cm³/mol. The van der Waals surface area contributed by atoms with Gasteiger partial charge in [0.15, 0.2) is 0 Å². The van der Waals surface area contributed by atoms with Gasteiger partial charge in [-0.25, -0.2) is 4.68 Å². The van der Waals surface area contributed by atoms with Crippen molar-refractivity contribution in [3.8, 4) is 5.69 Å². The van der Waals surface area contributed by atoms with Crippen LogP contribution in [-0.4, -0.2) is 34.8 Å². The van der Waals surface area contributed by atoms with Crippen LogP contribution in [0, 0.1) is 0 Å². The van der Waals surface area contributed by atoms with Crippen LogP contribution in [0.15, 0.2) is 42.7 Å². The summed E-state index contributed by atoms with van der Waals surface area (Å²) < 4.78 is 1.80. The molecular formula is C16H20N4O. The Bertz CT molecular complexity index is 571. The number of carbonyl (C=O) groups excluding carboxylic acids is 1. The van der Waals surface area contributed by atoms with E-state index in [9.17, 15) is 4.79 Å². The van der Waals surface area contributed by atoms with E-state index >= 15 is 0 Å². The summed E-state index contributed by atoms with van der Waals surface area (Å²) >= 11 is 0. The van der Waals surface area contributed by atoms with Gasteiger partial charge >= 0.3 is 0 Å². The summed E-state index contributed by atoms with van der Waals surface area (Å²) in [6, 6.07) is 10.2. The third kappa shape index (κ3) is 3.70. The number of amides is 1. The molecule has 0 atom stereocenters. The smallest absolute Gasteiger partial charge is 0.224 e. The van der Waals surface area contributed by atoms with Crippen LogP contribution >= 0.6 is 0 Å². The Morgan fingerprint density at radius 1 is 1.29 bits per heavy atom. The van der Waals surface area contributed by atoms with Crippen molar-refractivity contribution in [1.82, 2.24) is 20.4 Å². The van der Waals surface area contributed by atoms with E-state index in [4.69, 9.17) is 0 Å². The first kappa shape index (κ1) is 13.8. The molecule has 110 valence electrons. The van der Waals surface area contributed by atoms with E-state index in [1.807, 2.05) is 36.5 Å². The molecule has 0 unspecified atom stereocenters. The lowest BCUT2D eigenvalue weighted by molar-refractivity contribution is -0.121. The van der Waals surface area contributed by atoms with Gasteiger partial charge in [0.1, 0.15) is 0 Å². The molecule has 0 spiro atoms. The number of hydrogen-bond donors (Lipinski definition) is 2. The first-order valence-corrected chi connectivity index (χ1v) is 7.40. The normalized spacial score (nSPS) is 15.8. The Kier molecular flexibility index (Phi) is 4.31. The molecule has 1 aromatic heterocycles. The fourth-order valence-corrected chi connectivity index (χ4v) is 2.62. The molecule has 2 aromatic rings. The first-order valence-electron chi connectivity index (χ1n) is 7.40. The minimum Gasteiger partial charge on any atom is -0.353 e. The van der Waals surface area contributed by atoms with Crippen LogP contribution in [0.2, 0.25) is 0 Å². The van der Waals surface area contributed by atoms with Gasteiger partial charge < -0.3 is 10.6 Å². The molecule has 0 radical (unpaired) electrons. The highest BCUT2D eigenvalue weighted by molar-refractivity contribution is 5.78.